The van der Waals surface area contributed by atoms with Gasteiger partial charge in [-0.15, -0.1) is 0 Å². The van der Waals surface area contributed by atoms with Crippen molar-refractivity contribution in [3.05, 3.63) is 48.2 Å². The zero-order valence-electron chi connectivity index (χ0n) is 18.6. The van der Waals surface area contributed by atoms with Crippen LogP contribution in [0.4, 0.5) is 16.3 Å². The first-order valence-corrected chi connectivity index (χ1v) is 10.5. The molecule has 0 aromatic carbocycles. The topological polar surface area (TPSA) is 114 Å². The average molecular weight is 438 g/mol. The van der Waals surface area contributed by atoms with E-state index >= 15 is 0 Å². The highest BCUT2D eigenvalue weighted by Crippen LogP contribution is 2.19. The highest BCUT2D eigenvalue weighted by atomic mass is 16.6. The summed E-state index contributed by atoms with van der Waals surface area (Å²) in [5.41, 5.74) is 2.14. The van der Waals surface area contributed by atoms with Gasteiger partial charge in [-0.1, -0.05) is 0 Å². The van der Waals surface area contributed by atoms with Crippen molar-refractivity contribution in [3.8, 4) is 0 Å². The van der Waals surface area contributed by atoms with Crippen LogP contribution >= 0.6 is 0 Å². The first kappa shape index (κ1) is 21.5. The molecule has 1 unspecified atom stereocenters. The van der Waals surface area contributed by atoms with Gasteiger partial charge in [0.15, 0.2) is 0 Å². The van der Waals surface area contributed by atoms with Crippen molar-refractivity contribution >= 4 is 29.0 Å². The van der Waals surface area contributed by atoms with Gasteiger partial charge < -0.3 is 20.3 Å². The number of carbonyl (C=O) groups is 2. The Kier molecular flexibility index (Phi) is 5.68. The fourth-order valence-corrected chi connectivity index (χ4v) is 3.56. The number of nitrogens with one attached hydrogen (secondary N) is 2. The van der Waals surface area contributed by atoms with Gasteiger partial charge in [-0.05, 0) is 52.3 Å². The molecule has 1 atom stereocenters. The standard InChI is InChI=1S/C22H27N7O3/c1-14-9-17-10-15(6-8-29(17)27-14)25-20(30)18-11-24-19(12-23-18)28-7-5-16(13-28)26-21(31)32-22(2,3)4/h6,8-12,16H,5,7,13H2,1-4H3,(H,25,30)(H,26,31). The van der Waals surface area contributed by atoms with E-state index in [1.807, 2.05) is 44.7 Å². The number of hydrogen-bond acceptors (Lipinski definition) is 7. The zero-order valence-corrected chi connectivity index (χ0v) is 18.6. The maximum absolute atomic E-state index is 12.6. The van der Waals surface area contributed by atoms with Crippen molar-refractivity contribution in [3.63, 3.8) is 0 Å². The van der Waals surface area contributed by atoms with E-state index in [-0.39, 0.29) is 17.6 Å². The number of carbonyl (C=O) groups excluding carboxylic acids is 2. The van der Waals surface area contributed by atoms with Crippen molar-refractivity contribution in [1.29, 1.82) is 0 Å². The molecule has 1 fully saturated rings. The van der Waals surface area contributed by atoms with Gasteiger partial charge in [0.25, 0.3) is 5.91 Å². The number of ether oxygens (including phenoxy) is 1. The van der Waals surface area contributed by atoms with Gasteiger partial charge in [-0.2, -0.15) is 5.10 Å². The minimum Gasteiger partial charge on any atom is -0.444 e. The average Bonchev–Trinajstić information content (AvgIpc) is 3.31. The molecule has 4 rings (SSSR count). The monoisotopic (exact) mass is 437 g/mol. The number of aryl methyl sites for hydroxylation is 1. The summed E-state index contributed by atoms with van der Waals surface area (Å²) in [6.07, 6.45) is 5.18. The van der Waals surface area contributed by atoms with Gasteiger partial charge in [0, 0.05) is 25.0 Å². The normalized spacial score (nSPS) is 16.2. The number of pyridine rings is 1. The second-order valence-corrected chi connectivity index (χ2v) is 8.86. The third-order valence-electron chi connectivity index (χ3n) is 4.95. The number of nitrogens with zero attached hydrogens (tertiary/aromatic N) is 5. The molecule has 0 bridgehead atoms. The van der Waals surface area contributed by atoms with Gasteiger partial charge in [-0.25, -0.2) is 19.3 Å². The van der Waals surface area contributed by atoms with Crippen molar-refractivity contribution in [2.45, 2.75) is 45.8 Å². The van der Waals surface area contributed by atoms with Crippen LogP contribution in [0.25, 0.3) is 5.52 Å². The molecule has 3 aromatic rings. The summed E-state index contributed by atoms with van der Waals surface area (Å²) in [7, 11) is 0. The zero-order chi connectivity index (χ0) is 22.9. The smallest absolute Gasteiger partial charge is 0.407 e. The molecule has 0 saturated carbocycles. The lowest BCUT2D eigenvalue weighted by Crippen LogP contribution is -2.40. The van der Waals surface area contributed by atoms with Crippen molar-refractivity contribution < 1.29 is 14.3 Å². The van der Waals surface area contributed by atoms with E-state index in [1.165, 1.54) is 6.20 Å². The molecule has 2 N–H and O–H groups in total. The lowest BCUT2D eigenvalue weighted by molar-refractivity contribution is 0.0509. The predicted molar refractivity (Wildman–Crippen MR) is 120 cm³/mol. The second-order valence-electron chi connectivity index (χ2n) is 8.86. The Morgan fingerprint density at radius 1 is 1.19 bits per heavy atom. The summed E-state index contributed by atoms with van der Waals surface area (Å²) in [4.78, 5) is 35.2. The molecule has 0 radical (unpaired) electrons. The van der Waals surface area contributed by atoms with Crippen LogP contribution in [0.5, 0.6) is 0 Å². The van der Waals surface area contributed by atoms with E-state index in [0.29, 0.717) is 18.1 Å². The molecule has 0 spiro atoms. The molecule has 4 heterocycles. The number of fused-ring (bicyclic) bond motifs is 1. The third-order valence-corrected chi connectivity index (χ3v) is 4.95. The molecule has 1 aliphatic heterocycles. The predicted octanol–water partition coefficient (Wildman–Crippen LogP) is 2.79. The van der Waals surface area contributed by atoms with Crippen LogP contribution in [0.2, 0.25) is 0 Å². The summed E-state index contributed by atoms with van der Waals surface area (Å²) in [6.45, 7) is 8.74. The number of anilines is 2. The minimum atomic E-state index is -0.534. The molecule has 32 heavy (non-hydrogen) atoms. The molecular weight excluding hydrogens is 410 g/mol. The summed E-state index contributed by atoms with van der Waals surface area (Å²) >= 11 is 0. The van der Waals surface area contributed by atoms with Crippen LogP contribution in [0, 0.1) is 6.92 Å². The quantitative estimate of drug-likeness (QED) is 0.645. The third kappa shape index (κ3) is 5.13. The van der Waals surface area contributed by atoms with Crippen LogP contribution < -0.4 is 15.5 Å². The molecule has 1 aliphatic rings. The summed E-state index contributed by atoms with van der Waals surface area (Å²) < 4.78 is 7.06. The van der Waals surface area contributed by atoms with Crippen molar-refractivity contribution in [2.75, 3.05) is 23.3 Å². The number of alkyl carbamates (subject to hydrolysis) is 1. The van der Waals surface area contributed by atoms with E-state index in [0.717, 1.165) is 24.2 Å². The number of aromatic nitrogens is 4. The molecule has 2 amide bonds. The molecule has 0 aliphatic carbocycles. The largest absolute Gasteiger partial charge is 0.444 e. The number of hydrogen-bond donors (Lipinski definition) is 2. The van der Waals surface area contributed by atoms with Crippen molar-refractivity contribution in [1.82, 2.24) is 24.9 Å². The Labute approximate surface area is 186 Å². The fourth-order valence-electron chi connectivity index (χ4n) is 3.56. The Balaban J connectivity index is 1.34. The summed E-state index contributed by atoms with van der Waals surface area (Å²) in [5.74, 6) is 0.321. The maximum Gasteiger partial charge on any atom is 0.407 e. The molecular formula is C22H27N7O3. The minimum absolute atomic E-state index is 0.0308. The van der Waals surface area contributed by atoms with Crippen LogP contribution in [0.1, 0.15) is 43.4 Å². The molecule has 10 heteroatoms. The second kappa shape index (κ2) is 8.45. The van der Waals surface area contributed by atoms with Gasteiger partial charge in [0.05, 0.1) is 29.6 Å². The Bertz CT molecular complexity index is 1130. The van der Waals surface area contributed by atoms with E-state index in [2.05, 4.69) is 25.7 Å². The Hall–Kier alpha value is -3.69. The summed E-state index contributed by atoms with van der Waals surface area (Å²) in [6, 6.07) is 5.53. The van der Waals surface area contributed by atoms with E-state index in [9.17, 15) is 9.59 Å². The van der Waals surface area contributed by atoms with Gasteiger partial charge in [-0.3, -0.25) is 4.79 Å². The fraction of sp³-hybridized carbons (Fsp3) is 0.409. The number of amides is 2. The highest BCUT2D eigenvalue weighted by molar-refractivity contribution is 6.02. The van der Waals surface area contributed by atoms with Crippen LogP contribution in [-0.4, -0.2) is 56.3 Å². The first-order chi connectivity index (χ1) is 15.2. The maximum atomic E-state index is 12.6. The number of rotatable bonds is 4. The molecule has 1 saturated heterocycles. The van der Waals surface area contributed by atoms with Crippen molar-refractivity contribution in [2.24, 2.45) is 0 Å². The van der Waals surface area contributed by atoms with Gasteiger partial charge in [0.1, 0.15) is 17.1 Å². The van der Waals surface area contributed by atoms with Gasteiger partial charge >= 0.3 is 6.09 Å². The first-order valence-electron chi connectivity index (χ1n) is 10.5. The molecule has 3 aromatic heterocycles. The lowest BCUT2D eigenvalue weighted by Gasteiger charge is -2.22. The van der Waals surface area contributed by atoms with Crippen LogP contribution in [0.15, 0.2) is 36.8 Å². The lowest BCUT2D eigenvalue weighted by atomic mass is 10.2. The Morgan fingerprint density at radius 3 is 2.72 bits per heavy atom. The van der Waals surface area contributed by atoms with Gasteiger partial charge in [0.2, 0.25) is 0 Å². The SMILES string of the molecule is Cc1cc2cc(NC(=O)c3cnc(N4CCC(NC(=O)OC(C)(C)C)C4)cn3)ccn2n1. The Morgan fingerprint density at radius 2 is 2.00 bits per heavy atom. The van der Waals surface area contributed by atoms with E-state index < -0.39 is 11.7 Å². The van der Waals surface area contributed by atoms with E-state index in [1.54, 1.807) is 23.0 Å². The van der Waals surface area contributed by atoms with Crippen LogP contribution in [-0.2, 0) is 4.74 Å². The molecule has 10 nitrogen and oxygen atoms in total. The molecule has 168 valence electrons. The highest BCUT2D eigenvalue weighted by Gasteiger charge is 2.27. The summed E-state index contributed by atoms with van der Waals surface area (Å²) in [5, 5.41) is 10.0. The van der Waals surface area contributed by atoms with Crippen LogP contribution in [0.3, 0.4) is 0 Å². The van der Waals surface area contributed by atoms with E-state index in [4.69, 9.17) is 4.74 Å².